The first-order valence-electron chi connectivity index (χ1n) is 6.55. The average molecular weight is 266 g/mol. The van der Waals surface area contributed by atoms with E-state index in [0.717, 1.165) is 12.8 Å². The van der Waals surface area contributed by atoms with Crippen molar-refractivity contribution in [1.29, 1.82) is 0 Å². The summed E-state index contributed by atoms with van der Waals surface area (Å²) >= 11 is 1.65. The molecule has 0 spiro atoms. The van der Waals surface area contributed by atoms with Crippen LogP contribution < -0.4 is 5.73 Å². The lowest BCUT2D eigenvalue weighted by atomic mass is 9.96. The van der Waals surface area contributed by atoms with Crippen molar-refractivity contribution in [2.45, 2.75) is 18.8 Å². The lowest BCUT2D eigenvalue weighted by Gasteiger charge is -2.11. The Balaban J connectivity index is 1.83. The van der Waals surface area contributed by atoms with Gasteiger partial charge in [0.1, 0.15) is 0 Å². The van der Waals surface area contributed by atoms with E-state index < -0.39 is 0 Å². The Morgan fingerprint density at radius 3 is 2.84 bits per heavy atom. The molecule has 1 atom stereocenters. The van der Waals surface area contributed by atoms with E-state index in [1.165, 1.54) is 26.9 Å². The van der Waals surface area contributed by atoms with E-state index in [2.05, 4.69) is 47.4 Å². The smallest absolute Gasteiger partial charge is 0.180 e. The van der Waals surface area contributed by atoms with Gasteiger partial charge in [-0.1, -0.05) is 42.5 Å². The largest absolute Gasteiger partial charge is 0.375 e. The maximum Gasteiger partial charge on any atom is 0.180 e. The molecule has 0 radical (unpaired) electrons. The Bertz CT molecular complexity index is 760. The molecule has 1 aromatic heterocycles. The number of rotatable bonds is 1. The van der Waals surface area contributed by atoms with Gasteiger partial charge in [0, 0.05) is 10.8 Å². The van der Waals surface area contributed by atoms with Gasteiger partial charge in [-0.25, -0.2) is 4.98 Å². The van der Waals surface area contributed by atoms with Crippen LogP contribution in [0, 0.1) is 0 Å². The van der Waals surface area contributed by atoms with Crippen LogP contribution in [-0.4, -0.2) is 4.98 Å². The molecule has 2 nitrogen and oxygen atoms in total. The summed E-state index contributed by atoms with van der Waals surface area (Å²) in [6, 6.07) is 15.3. The van der Waals surface area contributed by atoms with Crippen LogP contribution in [0.1, 0.15) is 28.5 Å². The van der Waals surface area contributed by atoms with E-state index in [0.29, 0.717) is 11.0 Å². The van der Waals surface area contributed by atoms with E-state index in [4.69, 9.17) is 5.73 Å². The number of thiazole rings is 1. The second-order valence-electron chi connectivity index (χ2n) is 5.06. The molecule has 19 heavy (non-hydrogen) atoms. The van der Waals surface area contributed by atoms with Crippen LogP contribution in [0.3, 0.4) is 0 Å². The molecular formula is C16H14N2S. The third-order valence-electron chi connectivity index (χ3n) is 3.91. The SMILES string of the molecule is Nc1nc2c(s1)C(c1ccc3ccccc3c1)CC2. The first-order chi connectivity index (χ1) is 9.31. The zero-order valence-corrected chi connectivity index (χ0v) is 11.3. The first kappa shape index (κ1) is 11.0. The lowest BCUT2D eigenvalue weighted by Crippen LogP contribution is -1.94. The van der Waals surface area contributed by atoms with Gasteiger partial charge in [-0.05, 0) is 29.2 Å². The van der Waals surface area contributed by atoms with E-state index >= 15 is 0 Å². The number of benzene rings is 2. The van der Waals surface area contributed by atoms with Gasteiger partial charge in [0.2, 0.25) is 0 Å². The summed E-state index contributed by atoms with van der Waals surface area (Å²) in [6.07, 6.45) is 2.22. The summed E-state index contributed by atoms with van der Waals surface area (Å²) in [5, 5.41) is 3.31. The molecule has 0 saturated carbocycles. The van der Waals surface area contributed by atoms with E-state index in [1.54, 1.807) is 11.3 Å². The molecule has 0 aliphatic heterocycles. The van der Waals surface area contributed by atoms with Crippen molar-refractivity contribution in [1.82, 2.24) is 4.98 Å². The van der Waals surface area contributed by atoms with E-state index in [9.17, 15) is 0 Å². The molecule has 3 aromatic rings. The molecule has 0 saturated heterocycles. The predicted molar refractivity (Wildman–Crippen MR) is 80.6 cm³/mol. The fraction of sp³-hybridized carbons (Fsp3) is 0.188. The van der Waals surface area contributed by atoms with Gasteiger partial charge in [0.15, 0.2) is 5.13 Å². The molecule has 1 unspecified atom stereocenters. The Morgan fingerprint density at radius 2 is 1.95 bits per heavy atom. The first-order valence-corrected chi connectivity index (χ1v) is 7.37. The maximum absolute atomic E-state index is 5.83. The molecule has 1 heterocycles. The number of anilines is 1. The summed E-state index contributed by atoms with van der Waals surface area (Å²) in [6.45, 7) is 0. The highest BCUT2D eigenvalue weighted by atomic mass is 32.1. The summed E-state index contributed by atoms with van der Waals surface area (Å²) < 4.78 is 0. The summed E-state index contributed by atoms with van der Waals surface area (Å²) in [5.74, 6) is 0.481. The van der Waals surface area contributed by atoms with Gasteiger partial charge in [-0.2, -0.15) is 0 Å². The molecule has 2 N–H and O–H groups in total. The van der Waals surface area contributed by atoms with Gasteiger partial charge >= 0.3 is 0 Å². The Labute approximate surface area is 115 Å². The monoisotopic (exact) mass is 266 g/mol. The van der Waals surface area contributed by atoms with Crippen molar-refractivity contribution in [3.63, 3.8) is 0 Å². The third-order valence-corrected chi connectivity index (χ3v) is 4.95. The van der Waals surface area contributed by atoms with Crippen molar-refractivity contribution in [2.24, 2.45) is 0 Å². The number of fused-ring (bicyclic) bond motifs is 2. The number of nitrogen functional groups attached to an aromatic ring is 1. The quantitative estimate of drug-likeness (QED) is 0.724. The number of aryl methyl sites for hydroxylation is 1. The normalized spacial score (nSPS) is 17.8. The molecular weight excluding hydrogens is 252 g/mol. The van der Waals surface area contributed by atoms with E-state index in [-0.39, 0.29) is 0 Å². The van der Waals surface area contributed by atoms with E-state index in [1.807, 2.05) is 0 Å². The van der Waals surface area contributed by atoms with Crippen LogP contribution >= 0.6 is 11.3 Å². The van der Waals surface area contributed by atoms with Crippen molar-refractivity contribution in [2.75, 3.05) is 5.73 Å². The molecule has 4 rings (SSSR count). The zero-order chi connectivity index (χ0) is 12.8. The van der Waals surface area contributed by atoms with Crippen LogP contribution in [0.15, 0.2) is 42.5 Å². The van der Waals surface area contributed by atoms with Gasteiger partial charge in [0.25, 0.3) is 0 Å². The van der Waals surface area contributed by atoms with Crippen molar-refractivity contribution in [3.8, 4) is 0 Å². The predicted octanol–water partition coefficient (Wildman–Crippen LogP) is 3.96. The van der Waals surface area contributed by atoms with Crippen LogP contribution in [-0.2, 0) is 6.42 Å². The van der Waals surface area contributed by atoms with Gasteiger partial charge < -0.3 is 5.73 Å². The summed E-state index contributed by atoms with van der Waals surface area (Å²) in [5.41, 5.74) is 8.43. The second-order valence-corrected chi connectivity index (χ2v) is 6.12. The van der Waals surface area contributed by atoms with Crippen LogP contribution in [0.25, 0.3) is 10.8 Å². The maximum atomic E-state index is 5.83. The minimum absolute atomic E-state index is 0.481. The Kier molecular flexibility index (Phi) is 2.35. The average Bonchev–Trinajstić information content (AvgIpc) is 2.97. The minimum Gasteiger partial charge on any atom is -0.375 e. The van der Waals surface area contributed by atoms with Crippen molar-refractivity contribution >= 4 is 27.2 Å². The number of hydrogen-bond donors (Lipinski definition) is 1. The highest BCUT2D eigenvalue weighted by molar-refractivity contribution is 7.15. The van der Waals surface area contributed by atoms with Crippen LogP contribution in [0.2, 0.25) is 0 Å². The Hall–Kier alpha value is -1.87. The van der Waals surface area contributed by atoms with Gasteiger partial charge in [0.05, 0.1) is 5.69 Å². The highest BCUT2D eigenvalue weighted by Crippen LogP contribution is 2.42. The number of nitrogens with two attached hydrogens (primary N) is 1. The highest BCUT2D eigenvalue weighted by Gasteiger charge is 2.27. The molecule has 0 bridgehead atoms. The Morgan fingerprint density at radius 1 is 1.11 bits per heavy atom. The van der Waals surface area contributed by atoms with Crippen LogP contribution in [0.5, 0.6) is 0 Å². The zero-order valence-electron chi connectivity index (χ0n) is 10.5. The fourth-order valence-corrected chi connectivity index (χ4v) is 4.03. The van der Waals surface area contributed by atoms with Gasteiger partial charge in [-0.15, -0.1) is 11.3 Å². The number of nitrogens with zero attached hydrogens (tertiary/aromatic N) is 1. The lowest BCUT2D eigenvalue weighted by molar-refractivity contribution is 0.792. The van der Waals surface area contributed by atoms with Crippen molar-refractivity contribution in [3.05, 3.63) is 58.6 Å². The van der Waals surface area contributed by atoms with Gasteiger partial charge in [-0.3, -0.25) is 0 Å². The molecule has 1 aliphatic rings. The third kappa shape index (κ3) is 1.73. The molecule has 0 fully saturated rings. The van der Waals surface area contributed by atoms with Crippen molar-refractivity contribution < 1.29 is 0 Å². The van der Waals surface area contributed by atoms with Crippen LogP contribution in [0.4, 0.5) is 5.13 Å². The standard InChI is InChI=1S/C16H14N2S/c17-16-18-14-8-7-13(15(14)19-16)12-6-5-10-3-1-2-4-11(10)9-12/h1-6,9,13H,7-8H2,(H2,17,18). The molecule has 1 aliphatic carbocycles. The minimum atomic E-state index is 0.481. The molecule has 2 aromatic carbocycles. The molecule has 94 valence electrons. The summed E-state index contributed by atoms with van der Waals surface area (Å²) in [4.78, 5) is 5.79. The molecule has 0 amide bonds. The molecule has 3 heteroatoms. The fourth-order valence-electron chi connectivity index (χ4n) is 2.99. The summed E-state index contributed by atoms with van der Waals surface area (Å²) in [7, 11) is 0. The number of aromatic nitrogens is 1. The topological polar surface area (TPSA) is 38.9 Å². The second kappa shape index (κ2) is 4.07. The number of hydrogen-bond acceptors (Lipinski definition) is 3.